The van der Waals surface area contributed by atoms with Gasteiger partial charge in [-0.15, -0.1) is 12.4 Å². The number of hydrogen-bond acceptors (Lipinski definition) is 3. The van der Waals surface area contributed by atoms with Crippen LogP contribution in [0.25, 0.3) is 22.0 Å². The van der Waals surface area contributed by atoms with Gasteiger partial charge in [-0.2, -0.15) is 5.10 Å². The van der Waals surface area contributed by atoms with Gasteiger partial charge in [0, 0.05) is 21.9 Å². The maximum absolute atomic E-state index is 12.7. The van der Waals surface area contributed by atoms with E-state index in [9.17, 15) is 4.79 Å². The van der Waals surface area contributed by atoms with Gasteiger partial charge in [0.1, 0.15) is 0 Å². The molecule has 0 unspecified atom stereocenters. The van der Waals surface area contributed by atoms with Gasteiger partial charge < -0.3 is 10.2 Å². The molecule has 1 fully saturated rings. The first-order valence-corrected chi connectivity index (χ1v) is 9.63. The predicted molar refractivity (Wildman–Crippen MR) is 117 cm³/mol. The van der Waals surface area contributed by atoms with Crippen molar-refractivity contribution < 1.29 is 4.79 Å². The van der Waals surface area contributed by atoms with Crippen LogP contribution in [0.3, 0.4) is 0 Å². The Balaban J connectivity index is 0.00000225. The highest BCUT2D eigenvalue weighted by atomic mass is 35.5. The average Bonchev–Trinajstić information content (AvgIpc) is 3.06. The predicted octanol–water partition coefficient (Wildman–Crippen LogP) is 4.89. The summed E-state index contributed by atoms with van der Waals surface area (Å²) in [4.78, 5) is 14.9. The fraction of sp³-hybridized carbons (Fsp3) is 0.333. The third-order valence-electron chi connectivity index (χ3n) is 5.33. The van der Waals surface area contributed by atoms with Gasteiger partial charge in [-0.05, 0) is 69.7 Å². The summed E-state index contributed by atoms with van der Waals surface area (Å²) in [5.74, 6) is 0.678. The second-order valence-electron chi connectivity index (χ2n) is 7.38. The number of benzene rings is 2. The number of amides is 1. The number of hydrogen-bond donors (Lipinski definition) is 2. The van der Waals surface area contributed by atoms with Crippen molar-refractivity contribution in [2.24, 2.45) is 5.92 Å². The summed E-state index contributed by atoms with van der Waals surface area (Å²) in [6.07, 6.45) is 1.77. The number of halogens is 2. The fourth-order valence-electron chi connectivity index (χ4n) is 3.63. The van der Waals surface area contributed by atoms with Crippen molar-refractivity contribution in [1.82, 2.24) is 15.1 Å². The Morgan fingerprint density at radius 2 is 1.96 bits per heavy atom. The first-order chi connectivity index (χ1) is 13.0. The molecular weight excluding hydrogens is 395 g/mol. The van der Waals surface area contributed by atoms with Crippen molar-refractivity contribution >= 4 is 46.6 Å². The number of anilines is 1. The molecule has 28 heavy (non-hydrogen) atoms. The Kier molecular flexibility index (Phi) is 6.28. The molecule has 1 amide bonds. The van der Waals surface area contributed by atoms with Crippen LogP contribution in [0.15, 0.2) is 36.4 Å². The topological polar surface area (TPSA) is 61.0 Å². The zero-order chi connectivity index (χ0) is 19.0. The van der Waals surface area contributed by atoms with Gasteiger partial charge in [-0.25, -0.2) is 0 Å². The summed E-state index contributed by atoms with van der Waals surface area (Å²) in [6, 6.07) is 12.0. The van der Waals surface area contributed by atoms with Crippen LogP contribution in [0, 0.1) is 12.8 Å². The monoisotopic (exact) mass is 418 g/mol. The van der Waals surface area contributed by atoms with Crippen LogP contribution in [0.4, 0.5) is 5.82 Å². The number of aromatic nitrogens is 2. The van der Waals surface area contributed by atoms with Crippen molar-refractivity contribution in [2.45, 2.75) is 19.8 Å². The molecule has 4 rings (SSSR count). The highest BCUT2D eigenvalue weighted by Crippen LogP contribution is 2.33. The third kappa shape index (κ3) is 4.17. The number of H-pyrrole nitrogens is 1. The lowest BCUT2D eigenvalue weighted by atomic mass is 9.96. The lowest BCUT2D eigenvalue weighted by Gasteiger charge is -2.27. The van der Waals surface area contributed by atoms with E-state index in [1.165, 1.54) is 0 Å². The molecule has 2 heterocycles. The minimum absolute atomic E-state index is 0. The molecule has 1 aromatic heterocycles. The Morgan fingerprint density at radius 1 is 1.21 bits per heavy atom. The smallest absolute Gasteiger partial charge is 0.228 e. The minimum Gasteiger partial charge on any atom is -0.308 e. The Hall–Kier alpha value is -2.08. The molecule has 0 spiro atoms. The molecule has 5 nitrogen and oxygen atoms in total. The second-order valence-corrected chi connectivity index (χ2v) is 7.79. The van der Waals surface area contributed by atoms with Gasteiger partial charge in [-0.3, -0.25) is 9.89 Å². The fourth-order valence-corrected chi connectivity index (χ4v) is 3.85. The molecule has 1 saturated heterocycles. The number of fused-ring (bicyclic) bond motifs is 1. The van der Waals surface area contributed by atoms with Gasteiger partial charge in [0.15, 0.2) is 5.82 Å². The number of nitrogens with one attached hydrogen (secondary N) is 2. The zero-order valence-corrected chi connectivity index (χ0v) is 17.5. The third-order valence-corrected chi connectivity index (χ3v) is 5.66. The molecule has 0 bridgehead atoms. The molecule has 1 aliphatic heterocycles. The normalized spacial score (nSPS) is 15.4. The SMILES string of the molecule is Cc1ccc(Cl)c(-c2ccc3[nH]nc(NC(=O)C4CCN(C)CC4)c3c2)c1.Cl. The second kappa shape index (κ2) is 8.52. The van der Waals surface area contributed by atoms with E-state index in [4.69, 9.17) is 11.6 Å². The molecule has 148 valence electrons. The molecule has 0 aliphatic carbocycles. The Morgan fingerprint density at radius 3 is 2.71 bits per heavy atom. The van der Waals surface area contributed by atoms with Crippen molar-refractivity contribution in [1.29, 1.82) is 0 Å². The molecule has 3 aromatic rings. The molecular formula is C21H24Cl2N4O. The number of likely N-dealkylation sites (tertiary alicyclic amines) is 1. The van der Waals surface area contributed by atoms with Crippen LogP contribution in [0.5, 0.6) is 0 Å². The molecule has 0 saturated carbocycles. The summed E-state index contributed by atoms with van der Waals surface area (Å²) in [6.45, 7) is 3.95. The van der Waals surface area contributed by atoms with E-state index in [-0.39, 0.29) is 24.2 Å². The summed E-state index contributed by atoms with van der Waals surface area (Å²) < 4.78 is 0. The minimum atomic E-state index is 0. The van der Waals surface area contributed by atoms with E-state index in [0.29, 0.717) is 10.8 Å². The maximum atomic E-state index is 12.7. The van der Waals surface area contributed by atoms with Crippen LogP contribution < -0.4 is 5.32 Å². The molecule has 0 radical (unpaired) electrons. The Labute approximate surface area is 175 Å². The van der Waals surface area contributed by atoms with Crippen molar-refractivity contribution in [3.8, 4) is 11.1 Å². The first kappa shape index (κ1) is 20.6. The van der Waals surface area contributed by atoms with Gasteiger partial charge in [0.05, 0.1) is 5.52 Å². The van der Waals surface area contributed by atoms with Crippen LogP contribution in [-0.4, -0.2) is 41.1 Å². The summed E-state index contributed by atoms with van der Waals surface area (Å²) in [7, 11) is 2.09. The van der Waals surface area contributed by atoms with Gasteiger partial charge in [0.2, 0.25) is 5.91 Å². The van der Waals surface area contributed by atoms with Crippen molar-refractivity contribution in [3.63, 3.8) is 0 Å². The molecule has 2 aromatic carbocycles. The number of rotatable bonds is 3. The number of piperidine rings is 1. The number of aromatic amines is 1. The maximum Gasteiger partial charge on any atom is 0.228 e. The molecule has 2 N–H and O–H groups in total. The number of aryl methyl sites for hydroxylation is 1. The summed E-state index contributed by atoms with van der Waals surface area (Å²) in [5, 5.41) is 11.9. The largest absolute Gasteiger partial charge is 0.308 e. The summed E-state index contributed by atoms with van der Waals surface area (Å²) in [5.41, 5.74) is 4.03. The van der Waals surface area contributed by atoms with E-state index in [2.05, 4.69) is 33.5 Å². The highest BCUT2D eigenvalue weighted by Gasteiger charge is 2.24. The Bertz CT molecular complexity index is 993. The number of nitrogens with zero attached hydrogens (tertiary/aromatic N) is 2. The summed E-state index contributed by atoms with van der Waals surface area (Å²) >= 11 is 6.40. The van der Waals surface area contributed by atoms with Crippen molar-refractivity contribution in [2.75, 3.05) is 25.5 Å². The van der Waals surface area contributed by atoms with Crippen LogP contribution in [0.1, 0.15) is 18.4 Å². The van der Waals surface area contributed by atoms with E-state index in [1.807, 2.05) is 37.3 Å². The standard InChI is InChI=1S/C21H23ClN4O.ClH/c1-13-3-5-18(22)16(11-13)15-4-6-19-17(12-15)20(25-24-19)23-21(27)14-7-9-26(2)10-8-14;/h3-6,11-12,14H,7-10H2,1-2H3,(H2,23,24,25,27);1H. The first-order valence-electron chi connectivity index (χ1n) is 9.25. The van der Waals surface area contributed by atoms with Crippen molar-refractivity contribution in [3.05, 3.63) is 47.0 Å². The molecule has 0 atom stereocenters. The quantitative estimate of drug-likeness (QED) is 0.635. The van der Waals surface area contributed by atoms with Crippen LogP contribution in [0.2, 0.25) is 5.02 Å². The lowest BCUT2D eigenvalue weighted by Crippen LogP contribution is -2.36. The number of carbonyl (C=O) groups excluding carboxylic acids is 1. The van der Waals surface area contributed by atoms with E-state index >= 15 is 0 Å². The van der Waals surface area contributed by atoms with E-state index in [0.717, 1.165) is 53.5 Å². The van der Waals surface area contributed by atoms with Gasteiger partial charge >= 0.3 is 0 Å². The molecule has 1 aliphatic rings. The lowest BCUT2D eigenvalue weighted by molar-refractivity contribution is -0.121. The van der Waals surface area contributed by atoms with Crippen LogP contribution in [-0.2, 0) is 4.79 Å². The zero-order valence-electron chi connectivity index (χ0n) is 16.0. The highest BCUT2D eigenvalue weighted by molar-refractivity contribution is 6.33. The van der Waals surface area contributed by atoms with Gasteiger partial charge in [-0.1, -0.05) is 29.3 Å². The van der Waals surface area contributed by atoms with Crippen LogP contribution >= 0.6 is 24.0 Å². The van der Waals surface area contributed by atoms with E-state index in [1.54, 1.807) is 0 Å². The number of carbonyl (C=O) groups is 1. The average molecular weight is 419 g/mol. The van der Waals surface area contributed by atoms with Gasteiger partial charge in [0.25, 0.3) is 0 Å². The molecule has 7 heteroatoms. The van der Waals surface area contributed by atoms with E-state index < -0.39 is 0 Å².